The lowest BCUT2D eigenvalue weighted by Gasteiger charge is -2.37. The molecule has 0 radical (unpaired) electrons. The van der Waals surface area contributed by atoms with Crippen molar-refractivity contribution in [2.75, 3.05) is 63.5 Å². The normalized spacial score (nSPS) is 19.6. The summed E-state index contributed by atoms with van der Waals surface area (Å²) in [5.74, 6) is -0.284. The van der Waals surface area contributed by atoms with Gasteiger partial charge in [-0.15, -0.1) is 0 Å². The molecule has 2 saturated heterocycles. The van der Waals surface area contributed by atoms with E-state index < -0.39 is 0 Å². The van der Waals surface area contributed by atoms with Gasteiger partial charge in [-0.1, -0.05) is 12.1 Å². The fraction of sp³-hybridized carbons (Fsp3) is 0.552. The van der Waals surface area contributed by atoms with Crippen LogP contribution in [0, 0.1) is 6.92 Å². The van der Waals surface area contributed by atoms with Gasteiger partial charge in [-0.3, -0.25) is 0 Å². The summed E-state index contributed by atoms with van der Waals surface area (Å²) < 4.78 is 16.5. The van der Waals surface area contributed by atoms with Crippen LogP contribution < -0.4 is 9.80 Å². The van der Waals surface area contributed by atoms with Crippen LogP contribution in [0.15, 0.2) is 30.3 Å². The lowest BCUT2D eigenvalue weighted by atomic mass is 9.75. The summed E-state index contributed by atoms with van der Waals surface area (Å²) in [4.78, 5) is 17.7. The minimum atomic E-state index is -0.284. The van der Waals surface area contributed by atoms with Crippen LogP contribution >= 0.6 is 0 Å². The third kappa shape index (κ3) is 4.31. The van der Waals surface area contributed by atoms with Crippen LogP contribution in [0.4, 0.5) is 11.4 Å². The average molecular weight is 479 g/mol. The van der Waals surface area contributed by atoms with Crippen molar-refractivity contribution in [3.63, 3.8) is 0 Å². The number of nitrogens with zero attached hydrogens (tertiary/aromatic N) is 2. The maximum Gasteiger partial charge on any atom is 0.338 e. The van der Waals surface area contributed by atoms with Crippen molar-refractivity contribution in [1.29, 1.82) is 0 Å². The second-order valence-electron chi connectivity index (χ2n) is 10.3. The predicted octanol–water partition coefficient (Wildman–Crippen LogP) is 4.95. The Labute approximate surface area is 209 Å². The van der Waals surface area contributed by atoms with Crippen molar-refractivity contribution in [2.24, 2.45) is 0 Å². The monoisotopic (exact) mass is 478 g/mol. The Morgan fingerprint density at radius 2 is 1.80 bits per heavy atom. The Morgan fingerprint density at radius 3 is 2.49 bits per heavy atom. The number of carbonyl (C=O) groups is 1. The molecular formula is C29H38N2O4. The summed E-state index contributed by atoms with van der Waals surface area (Å²) in [7, 11) is 3.65. The number of esters is 1. The highest BCUT2D eigenvalue weighted by Crippen LogP contribution is 2.47. The molecule has 6 nitrogen and oxygen atoms in total. The summed E-state index contributed by atoms with van der Waals surface area (Å²) in [6.07, 6.45) is 4.14. The van der Waals surface area contributed by atoms with Crippen molar-refractivity contribution < 1.29 is 19.0 Å². The zero-order chi connectivity index (χ0) is 24.6. The number of carbonyl (C=O) groups excluding carboxylic acids is 1. The number of likely N-dealkylation sites (N-methyl/N-ethyl adjacent to an activating group) is 1. The maximum absolute atomic E-state index is 12.8. The first-order chi connectivity index (χ1) is 17.0. The molecule has 35 heavy (non-hydrogen) atoms. The van der Waals surface area contributed by atoms with E-state index in [1.54, 1.807) is 0 Å². The molecule has 0 bridgehead atoms. The maximum atomic E-state index is 12.8. The van der Waals surface area contributed by atoms with E-state index in [9.17, 15) is 4.79 Å². The predicted molar refractivity (Wildman–Crippen MR) is 140 cm³/mol. The van der Waals surface area contributed by atoms with E-state index in [1.165, 1.54) is 18.4 Å². The van der Waals surface area contributed by atoms with Gasteiger partial charge in [0.05, 0.1) is 12.7 Å². The summed E-state index contributed by atoms with van der Waals surface area (Å²) in [6.45, 7) is 9.38. The Morgan fingerprint density at radius 1 is 1.09 bits per heavy atom. The number of methoxy groups -OCH3 is 1. The lowest BCUT2D eigenvalue weighted by molar-refractivity contribution is 0.0555. The third-order valence-electron chi connectivity index (χ3n) is 8.37. The second kappa shape index (κ2) is 9.82. The van der Waals surface area contributed by atoms with Crippen molar-refractivity contribution in [1.82, 2.24) is 0 Å². The molecule has 2 aromatic rings. The number of fused-ring (bicyclic) bond motifs is 2. The highest BCUT2D eigenvalue weighted by atomic mass is 16.5. The molecule has 0 amide bonds. The standard InChI is InChI=1S/C29H38N2O4/c1-5-31(23-8-12-34-13-9-23)26-18-22(16-24(20(26)2)28(32)33-4)21-6-7-25-27(17-21)30(3)19-29(25)10-14-35-15-11-29/h6-7,16-18,23H,5,8-15,19H2,1-4H3. The van der Waals surface area contributed by atoms with Crippen molar-refractivity contribution in [3.05, 3.63) is 47.0 Å². The van der Waals surface area contributed by atoms with Crippen LogP contribution in [0.2, 0.25) is 0 Å². The van der Waals surface area contributed by atoms with Gasteiger partial charge < -0.3 is 24.0 Å². The SMILES string of the molecule is CCN(c1cc(-c2ccc3c(c2)N(C)CC32CCOCC2)cc(C(=O)OC)c1C)C1CCOCC1. The molecule has 0 aliphatic carbocycles. The largest absolute Gasteiger partial charge is 0.465 e. The highest BCUT2D eigenvalue weighted by molar-refractivity contribution is 5.95. The van der Waals surface area contributed by atoms with E-state index in [-0.39, 0.29) is 11.4 Å². The van der Waals surface area contributed by atoms with E-state index in [4.69, 9.17) is 14.2 Å². The van der Waals surface area contributed by atoms with Gasteiger partial charge >= 0.3 is 5.97 Å². The average Bonchev–Trinajstić information content (AvgIpc) is 3.16. The van der Waals surface area contributed by atoms with Crippen LogP contribution in [-0.2, 0) is 19.6 Å². The number of anilines is 2. The molecule has 2 aromatic carbocycles. The Kier molecular flexibility index (Phi) is 6.78. The molecule has 0 saturated carbocycles. The molecule has 2 fully saturated rings. The minimum Gasteiger partial charge on any atom is -0.465 e. The second-order valence-corrected chi connectivity index (χ2v) is 10.3. The summed E-state index contributed by atoms with van der Waals surface area (Å²) in [6, 6.07) is 11.5. The molecule has 0 atom stereocenters. The zero-order valence-electron chi connectivity index (χ0n) is 21.6. The Hall–Kier alpha value is -2.57. The van der Waals surface area contributed by atoms with Crippen LogP contribution in [0.3, 0.4) is 0 Å². The van der Waals surface area contributed by atoms with Gasteiger partial charge in [0.15, 0.2) is 0 Å². The fourth-order valence-electron chi connectivity index (χ4n) is 6.40. The quantitative estimate of drug-likeness (QED) is 0.567. The first-order valence-electron chi connectivity index (χ1n) is 13.0. The van der Waals surface area contributed by atoms with Gasteiger partial charge in [0.25, 0.3) is 0 Å². The summed E-state index contributed by atoms with van der Waals surface area (Å²) >= 11 is 0. The van der Waals surface area contributed by atoms with Crippen molar-refractivity contribution in [3.8, 4) is 11.1 Å². The number of ether oxygens (including phenoxy) is 3. The number of rotatable bonds is 5. The molecule has 3 aliphatic heterocycles. The Bertz CT molecular complexity index is 1090. The van der Waals surface area contributed by atoms with Crippen LogP contribution in [-0.4, -0.2) is 65.7 Å². The van der Waals surface area contributed by atoms with Gasteiger partial charge in [-0.2, -0.15) is 0 Å². The topological polar surface area (TPSA) is 51.2 Å². The van der Waals surface area contributed by atoms with Crippen LogP contribution in [0.1, 0.15) is 54.1 Å². The van der Waals surface area contributed by atoms with E-state index in [1.807, 2.05) is 13.0 Å². The van der Waals surface area contributed by atoms with Gasteiger partial charge in [-0.25, -0.2) is 4.79 Å². The molecule has 1 spiro atoms. The summed E-state index contributed by atoms with van der Waals surface area (Å²) in [5.41, 5.74) is 7.85. The molecule has 6 heteroatoms. The highest BCUT2D eigenvalue weighted by Gasteiger charge is 2.42. The van der Waals surface area contributed by atoms with E-state index in [0.29, 0.717) is 11.6 Å². The fourth-order valence-corrected chi connectivity index (χ4v) is 6.40. The third-order valence-corrected chi connectivity index (χ3v) is 8.37. The molecule has 5 rings (SSSR count). The number of hydrogen-bond acceptors (Lipinski definition) is 6. The lowest BCUT2D eigenvalue weighted by Crippen LogP contribution is -2.40. The minimum absolute atomic E-state index is 0.193. The first kappa shape index (κ1) is 24.1. The molecule has 0 unspecified atom stereocenters. The smallest absolute Gasteiger partial charge is 0.338 e. The molecular weight excluding hydrogens is 440 g/mol. The molecule has 0 N–H and O–H groups in total. The van der Waals surface area contributed by atoms with E-state index in [0.717, 1.165) is 87.6 Å². The van der Waals surface area contributed by atoms with E-state index >= 15 is 0 Å². The van der Waals surface area contributed by atoms with Crippen molar-refractivity contribution in [2.45, 2.75) is 51.0 Å². The summed E-state index contributed by atoms with van der Waals surface area (Å²) in [5, 5.41) is 0. The molecule has 188 valence electrons. The Balaban J connectivity index is 1.59. The van der Waals surface area contributed by atoms with Gasteiger partial charge in [0.1, 0.15) is 0 Å². The first-order valence-corrected chi connectivity index (χ1v) is 13.0. The number of hydrogen-bond donors (Lipinski definition) is 0. The molecule has 3 heterocycles. The van der Waals surface area contributed by atoms with E-state index in [2.05, 4.69) is 48.0 Å². The molecule has 3 aliphatic rings. The van der Waals surface area contributed by atoms with Gasteiger partial charge in [0, 0.05) is 69.4 Å². The zero-order valence-corrected chi connectivity index (χ0v) is 21.6. The molecule has 0 aromatic heterocycles. The van der Waals surface area contributed by atoms with Gasteiger partial charge in [-0.05, 0) is 80.0 Å². The number of benzene rings is 2. The van der Waals surface area contributed by atoms with Crippen LogP contribution in [0.25, 0.3) is 11.1 Å². The van der Waals surface area contributed by atoms with Gasteiger partial charge in [0.2, 0.25) is 0 Å². The van der Waals surface area contributed by atoms with Crippen LogP contribution in [0.5, 0.6) is 0 Å². The van der Waals surface area contributed by atoms with Crippen molar-refractivity contribution >= 4 is 17.3 Å².